The summed E-state index contributed by atoms with van der Waals surface area (Å²) in [6.07, 6.45) is 0. The molecule has 11 aromatic rings. The SMILES string of the molecule is c1ccc2c(-c3ccc(N(c4ccc5c(ccc6ccccc65)c4)c4cccc5sc6ccccc6c45)c4c3oc3ccccc34)cccc2c1. The fraction of sp³-hybridized carbons (Fsp3) is 0. The minimum atomic E-state index is 0.880. The number of hydrogen-bond donors (Lipinski definition) is 0. The normalized spacial score (nSPS) is 11.9. The fourth-order valence-corrected chi connectivity index (χ4v) is 9.29. The van der Waals surface area contributed by atoms with Crippen LogP contribution in [0.25, 0.3) is 85.6 Å². The Balaban J connectivity index is 1.26. The first-order valence-electron chi connectivity index (χ1n) is 17.3. The van der Waals surface area contributed by atoms with Crippen molar-refractivity contribution in [3.8, 4) is 11.1 Å². The Morgan fingerprint density at radius 2 is 1.04 bits per heavy atom. The molecule has 0 aliphatic heterocycles. The van der Waals surface area contributed by atoms with Crippen molar-refractivity contribution in [2.24, 2.45) is 0 Å². The predicted octanol–water partition coefficient (Wildman–Crippen LogP) is 14.6. The Morgan fingerprint density at radius 3 is 1.94 bits per heavy atom. The Morgan fingerprint density at radius 1 is 0.392 bits per heavy atom. The van der Waals surface area contributed by atoms with E-state index in [9.17, 15) is 0 Å². The first-order chi connectivity index (χ1) is 25.3. The largest absolute Gasteiger partial charge is 0.455 e. The van der Waals surface area contributed by atoms with E-state index < -0.39 is 0 Å². The quantitative estimate of drug-likeness (QED) is 0.174. The lowest BCUT2D eigenvalue weighted by molar-refractivity contribution is 0.670. The molecule has 51 heavy (non-hydrogen) atoms. The third-order valence-electron chi connectivity index (χ3n) is 10.4. The molecule has 0 fully saturated rings. The molecule has 238 valence electrons. The van der Waals surface area contributed by atoms with E-state index in [1.54, 1.807) is 0 Å². The van der Waals surface area contributed by atoms with Gasteiger partial charge in [0.15, 0.2) is 0 Å². The van der Waals surface area contributed by atoms with E-state index in [2.05, 4.69) is 181 Å². The minimum Gasteiger partial charge on any atom is -0.455 e. The van der Waals surface area contributed by atoms with Gasteiger partial charge in [-0.1, -0.05) is 127 Å². The molecule has 0 aliphatic rings. The van der Waals surface area contributed by atoms with Crippen molar-refractivity contribution in [3.63, 3.8) is 0 Å². The zero-order valence-corrected chi connectivity index (χ0v) is 28.3. The summed E-state index contributed by atoms with van der Waals surface area (Å²) in [7, 11) is 0. The molecule has 2 heterocycles. The maximum atomic E-state index is 6.89. The number of furan rings is 1. The summed E-state index contributed by atoms with van der Waals surface area (Å²) in [5.74, 6) is 0. The maximum Gasteiger partial charge on any atom is 0.145 e. The number of benzene rings is 9. The van der Waals surface area contributed by atoms with Crippen LogP contribution in [0, 0.1) is 0 Å². The molecule has 0 atom stereocenters. The Bertz CT molecular complexity index is 3160. The monoisotopic (exact) mass is 667 g/mol. The third-order valence-corrected chi connectivity index (χ3v) is 11.6. The van der Waals surface area contributed by atoms with E-state index in [0.717, 1.165) is 44.6 Å². The van der Waals surface area contributed by atoms with Crippen LogP contribution in [0.5, 0.6) is 0 Å². The summed E-state index contributed by atoms with van der Waals surface area (Å²) in [6.45, 7) is 0. The molecule has 3 heteroatoms. The van der Waals surface area contributed by atoms with Crippen molar-refractivity contribution in [1.29, 1.82) is 0 Å². The van der Waals surface area contributed by atoms with Crippen LogP contribution < -0.4 is 4.90 Å². The van der Waals surface area contributed by atoms with Gasteiger partial charge in [-0.3, -0.25) is 0 Å². The summed E-state index contributed by atoms with van der Waals surface area (Å²) in [4.78, 5) is 2.47. The number of rotatable bonds is 4. The Kier molecular flexibility index (Phi) is 6.16. The Labute approximate surface area is 298 Å². The van der Waals surface area contributed by atoms with Crippen LogP contribution in [0.4, 0.5) is 17.1 Å². The van der Waals surface area contributed by atoms with E-state index in [4.69, 9.17) is 4.42 Å². The molecule has 0 aliphatic carbocycles. The lowest BCUT2D eigenvalue weighted by Gasteiger charge is -2.28. The third kappa shape index (κ3) is 4.29. The number of anilines is 3. The fourth-order valence-electron chi connectivity index (χ4n) is 8.16. The highest BCUT2D eigenvalue weighted by Gasteiger charge is 2.25. The predicted molar refractivity (Wildman–Crippen MR) is 219 cm³/mol. The van der Waals surface area contributed by atoms with Gasteiger partial charge in [-0.05, 0) is 86.4 Å². The van der Waals surface area contributed by atoms with Crippen LogP contribution in [0.2, 0.25) is 0 Å². The van der Waals surface area contributed by atoms with Gasteiger partial charge in [-0.15, -0.1) is 11.3 Å². The second-order valence-electron chi connectivity index (χ2n) is 13.2. The van der Waals surface area contributed by atoms with Crippen LogP contribution in [-0.4, -0.2) is 0 Å². The highest BCUT2D eigenvalue weighted by Crippen LogP contribution is 2.50. The van der Waals surface area contributed by atoms with Crippen molar-refractivity contribution < 1.29 is 4.42 Å². The van der Waals surface area contributed by atoms with Crippen LogP contribution in [-0.2, 0) is 0 Å². The van der Waals surface area contributed by atoms with Gasteiger partial charge in [0.05, 0.1) is 16.8 Å². The second-order valence-corrected chi connectivity index (χ2v) is 14.3. The first kappa shape index (κ1) is 28.4. The van der Waals surface area contributed by atoms with Crippen molar-refractivity contribution in [2.45, 2.75) is 0 Å². The minimum absolute atomic E-state index is 0.880. The van der Waals surface area contributed by atoms with Gasteiger partial charge in [0, 0.05) is 36.8 Å². The van der Waals surface area contributed by atoms with Gasteiger partial charge in [-0.2, -0.15) is 0 Å². The molecular formula is C48H29NOS. The summed E-state index contributed by atoms with van der Waals surface area (Å²) in [5.41, 5.74) is 7.36. The van der Waals surface area contributed by atoms with Gasteiger partial charge < -0.3 is 9.32 Å². The molecule has 0 bridgehead atoms. The molecular weight excluding hydrogens is 639 g/mol. The molecule has 9 aromatic carbocycles. The average molecular weight is 668 g/mol. The smallest absolute Gasteiger partial charge is 0.145 e. The van der Waals surface area contributed by atoms with Crippen molar-refractivity contribution in [3.05, 3.63) is 176 Å². The number of para-hydroxylation sites is 1. The number of nitrogens with zero attached hydrogens (tertiary/aromatic N) is 1. The van der Waals surface area contributed by atoms with Gasteiger partial charge in [0.25, 0.3) is 0 Å². The van der Waals surface area contributed by atoms with Gasteiger partial charge in [-0.25, -0.2) is 0 Å². The second kappa shape index (κ2) is 11.0. The average Bonchev–Trinajstić information content (AvgIpc) is 3.77. The van der Waals surface area contributed by atoms with Crippen molar-refractivity contribution in [1.82, 2.24) is 0 Å². The molecule has 0 amide bonds. The highest BCUT2D eigenvalue weighted by atomic mass is 32.1. The summed E-state index contributed by atoms with van der Waals surface area (Å²) < 4.78 is 9.44. The van der Waals surface area contributed by atoms with Crippen LogP contribution in [0.1, 0.15) is 0 Å². The van der Waals surface area contributed by atoms with Crippen molar-refractivity contribution >= 4 is 103 Å². The molecule has 0 spiro atoms. The van der Waals surface area contributed by atoms with Crippen LogP contribution in [0.3, 0.4) is 0 Å². The van der Waals surface area contributed by atoms with Crippen molar-refractivity contribution in [2.75, 3.05) is 4.90 Å². The topological polar surface area (TPSA) is 16.4 Å². The molecule has 2 aromatic heterocycles. The van der Waals surface area contributed by atoms with E-state index >= 15 is 0 Å². The van der Waals surface area contributed by atoms with E-state index in [1.165, 1.54) is 58.1 Å². The molecule has 0 N–H and O–H groups in total. The van der Waals surface area contributed by atoms with E-state index in [-0.39, 0.29) is 0 Å². The van der Waals surface area contributed by atoms with Gasteiger partial charge in [0.2, 0.25) is 0 Å². The highest BCUT2D eigenvalue weighted by molar-refractivity contribution is 7.26. The first-order valence-corrected chi connectivity index (χ1v) is 18.2. The maximum absolute atomic E-state index is 6.89. The molecule has 0 radical (unpaired) electrons. The zero-order chi connectivity index (χ0) is 33.5. The van der Waals surface area contributed by atoms with Crippen LogP contribution in [0.15, 0.2) is 180 Å². The number of fused-ring (bicyclic) bond motifs is 10. The lowest BCUT2D eigenvalue weighted by atomic mass is 9.95. The summed E-state index contributed by atoms with van der Waals surface area (Å²) in [5, 5.41) is 12.1. The number of hydrogen-bond acceptors (Lipinski definition) is 3. The lowest BCUT2D eigenvalue weighted by Crippen LogP contribution is -2.11. The standard InChI is InChI=1S/C48H29NOS/c1-4-15-35-30(11-1)13-9-18-37(35)38-27-28-42(47-39-16-5-7-20-43(39)50-48(38)47)49(41-19-10-22-45-46(41)40-17-6-8-21-44(40)51-45)33-25-26-36-32(29-33)24-23-31-12-2-3-14-34(31)36/h1-29H. The van der Waals surface area contributed by atoms with Crippen LogP contribution >= 0.6 is 11.3 Å². The summed E-state index contributed by atoms with van der Waals surface area (Å²) in [6, 6.07) is 63.7. The van der Waals surface area contributed by atoms with E-state index in [0.29, 0.717) is 0 Å². The molecule has 11 rings (SSSR count). The Hall–Kier alpha value is -6.42. The molecule has 0 saturated heterocycles. The number of thiophene rings is 1. The van der Waals surface area contributed by atoms with E-state index in [1.807, 2.05) is 11.3 Å². The van der Waals surface area contributed by atoms with Gasteiger partial charge in [0.1, 0.15) is 11.2 Å². The zero-order valence-electron chi connectivity index (χ0n) is 27.5. The molecule has 0 saturated carbocycles. The van der Waals surface area contributed by atoms with Gasteiger partial charge >= 0.3 is 0 Å². The molecule has 2 nitrogen and oxygen atoms in total. The molecule has 0 unspecified atom stereocenters. The summed E-state index contributed by atoms with van der Waals surface area (Å²) >= 11 is 1.85.